The second-order valence-electron chi connectivity index (χ2n) is 5.25. The van der Waals surface area contributed by atoms with E-state index in [9.17, 15) is 4.79 Å². The van der Waals surface area contributed by atoms with Crippen LogP contribution in [0.25, 0.3) is 0 Å². The molecule has 2 aromatic rings. The monoisotopic (exact) mass is 337 g/mol. The molecule has 3 rings (SSSR count). The Labute approximate surface area is 137 Å². The van der Waals surface area contributed by atoms with Gasteiger partial charge in [-0.15, -0.1) is 22.7 Å². The smallest absolute Gasteiger partial charge is 0.315 e. The van der Waals surface area contributed by atoms with Crippen LogP contribution < -0.4 is 15.5 Å². The van der Waals surface area contributed by atoms with Crippen molar-refractivity contribution in [3.05, 3.63) is 27.7 Å². The van der Waals surface area contributed by atoms with Crippen molar-refractivity contribution in [2.24, 2.45) is 0 Å². The number of aromatic nitrogens is 2. The highest BCUT2D eigenvalue weighted by Gasteiger charge is 2.21. The number of nitrogens with one attached hydrogen (secondary N) is 2. The van der Waals surface area contributed by atoms with Gasteiger partial charge in [-0.2, -0.15) is 0 Å². The van der Waals surface area contributed by atoms with Crippen LogP contribution in [0.4, 0.5) is 9.93 Å². The standard InChI is InChI=1S/C14H19N5OS2/c1-10-16-8-12(22-10)9-17-13(20)18-11-2-5-19(6-3-11)14-15-4-7-21-14/h4,7-8,11H,2-3,5-6,9H2,1H3,(H2,17,18,20). The van der Waals surface area contributed by atoms with Crippen LogP contribution in [0.5, 0.6) is 0 Å². The Morgan fingerprint density at radius 3 is 2.86 bits per heavy atom. The molecule has 6 nitrogen and oxygen atoms in total. The summed E-state index contributed by atoms with van der Waals surface area (Å²) in [4.78, 5) is 23.8. The van der Waals surface area contributed by atoms with Gasteiger partial charge in [-0.05, 0) is 19.8 Å². The predicted octanol–water partition coefficient (Wildman–Crippen LogP) is 2.38. The van der Waals surface area contributed by atoms with Crippen LogP contribution in [0, 0.1) is 6.92 Å². The SMILES string of the molecule is Cc1ncc(CNC(=O)NC2CCN(c3nccs3)CC2)s1. The zero-order chi connectivity index (χ0) is 15.4. The Morgan fingerprint density at radius 2 is 2.23 bits per heavy atom. The topological polar surface area (TPSA) is 70.2 Å². The molecule has 118 valence electrons. The van der Waals surface area contributed by atoms with Crippen molar-refractivity contribution in [1.29, 1.82) is 0 Å². The van der Waals surface area contributed by atoms with Crippen molar-refractivity contribution in [2.45, 2.75) is 32.4 Å². The van der Waals surface area contributed by atoms with E-state index in [2.05, 4.69) is 25.5 Å². The van der Waals surface area contributed by atoms with E-state index in [0.29, 0.717) is 6.54 Å². The summed E-state index contributed by atoms with van der Waals surface area (Å²) in [5.41, 5.74) is 0. The molecule has 0 atom stereocenters. The quantitative estimate of drug-likeness (QED) is 0.899. The van der Waals surface area contributed by atoms with Gasteiger partial charge < -0.3 is 15.5 Å². The largest absolute Gasteiger partial charge is 0.348 e. The van der Waals surface area contributed by atoms with Gasteiger partial charge in [0.1, 0.15) is 0 Å². The van der Waals surface area contributed by atoms with Crippen LogP contribution in [0.15, 0.2) is 17.8 Å². The molecule has 0 aromatic carbocycles. The summed E-state index contributed by atoms with van der Waals surface area (Å²) >= 11 is 3.27. The molecule has 2 aromatic heterocycles. The van der Waals surface area contributed by atoms with E-state index >= 15 is 0 Å². The van der Waals surface area contributed by atoms with Crippen molar-refractivity contribution in [3.63, 3.8) is 0 Å². The van der Waals surface area contributed by atoms with Crippen LogP contribution in [-0.2, 0) is 6.54 Å². The number of amides is 2. The first kappa shape index (κ1) is 15.2. The van der Waals surface area contributed by atoms with E-state index in [0.717, 1.165) is 40.9 Å². The summed E-state index contributed by atoms with van der Waals surface area (Å²) < 4.78 is 0. The fourth-order valence-corrected chi connectivity index (χ4v) is 3.91. The van der Waals surface area contributed by atoms with Gasteiger partial charge in [0.25, 0.3) is 0 Å². The van der Waals surface area contributed by atoms with Crippen molar-refractivity contribution in [1.82, 2.24) is 20.6 Å². The van der Waals surface area contributed by atoms with Gasteiger partial charge in [0.2, 0.25) is 0 Å². The van der Waals surface area contributed by atoms with E-state index in [1.54, 1.807) is 22.7 Å². The average Bonchev–Trinajstić information content (AvgIpc) is 3.17. The lowest BCUT2D eigenvalue weighted by Crippen LogP contribution is -2.47. The first-order chi connectivity index (χ1) is 10.7. The lowest BCUT2D eigenvalue weighted by atomic mass is 10.1. The highest BCUT2D eigenvalue weighted by Crippen LogP contribution is 2.21. The van der Waals surface area contributed by atoms with Crippen molar-refractivity contribution in [2.75, 3.05) is 18.0 Å². The first-order valence-corrected chi connectivity index (χ1v) is 9.00. The minimum atomic E-state index is -0.0984. The van der Waals surface area contributed by atoms with E-state index in [1.165, 1.54) is 0 Å². The van der Waals surface area contributed by atoms with Gasteiger partial charge in [0, 0.05) is 41.8 Å². The zero-order valence-electron chi connectivity index (χ0n) is 12.4. The number of carbonyl (C=O) groups excluding carboxylic acids is 1. The fourth-order valence-electron chi connectivity index (χ4n) is 2.48. The third kappa shape index (κ3) is 3.95. The summed E-state index contributed by atoms with van der Waals surface area (Å²) in [6.45, 7) is 4.37. The first-order valence-electron chi connectivity index (χ1n) is 7.31. The van der Waals surface area contributed by atoms with Gasteiger partial charge in [-0.3, -0.25) is 0 Å². The molecule has 2 N–H and O–H groups in total. The number of hydrogen-bond acceptors (Lipinski definition) is 6. The Morgan fingerprint density at radius 1 is 1.41 bits per heavy atom. The van der Waals surface area contributed by atoms with Crippen LogP contribution in [0.1, 0.15) is 22.7 Å². The van der Waals surface area contributed by atoms with Crippen LogP contribution in [-0.4, -0.2) is 35.1 Å². The van der Waals surface area contributed by atoms with Gasteiger partial charge in [-0.25, -0.2) is 14.8 Å². The Bertz CT molecular complexity index is 605. The average molecular weight is 337 g/mol. The lowest BCUT2D eigenvalue weighted by molar-refractivity contribution is 0.234. The van der Waals surface area contributed by atoms with E-state index in [-0.39, 0.29) is 12.1 Å². The van der Waals surface area contributed by atoms with Crippen molar-refractivity contribution < 1.29 is 4.79 Å². The minimum Gasteiger partial charge on any atom is -0.348 e. The maximum absolute atomic E-state index is 11.9. The number of anilines is 1. The van der Waals surface area contributed by atoms with Crippen LogP contribution >= 0.6 is 22.7 Å². The van der Waals surface area contributed by atoms with Crippen LogP contribution in [0.3, 0.4) is 0 Å². The Kier molecular flexibility index (Phi) is 4.89. The molecular weight excluding hydrogens is 318 g/mol. The van der Waals surface area contributed by atoms with Crippen LogP contribution in [0.2, 0.25) is 0 Å². The molecule has 0 aliphatic carbocycles. The van der Waals surface area contributed by atoms with E-state index in [1.807, 2.05) is 24.7 Å². The minimum absolute atomic E-state index is 0.0984. The highest BCUT2D eigenvalue weighted by molar-refractivity contribution is 7.13. The summed E-state index contributed by atoms with van der Waals surface area (Å²) in [5.74, 6) is 0. The van der Waals surface area contributed by atoms with Crippen molar-refractivity contribution in [3.8, 4) is 0 Å². The van der Waals surface area contributed by atoms with Gasteiger partial charge in [0.05, 0.1) is 11.6 Å². The molecular formula is C14H19N5OS2. The number of carbonyl (C=O) groups is 1. The molecule has 3 heterocycles. The molecule has 1 fully saturated rings. The number of urea groups is 1. The summed E-state index contributed by atoms with van der Waals surface area (Å²) in [5, 5.41) is 10.0. The summed E-state index contributed by atoms with van der Waals surface area (Å²) in [6, 6.07) is 0.137. The van der Waals surface area contributed by atoms with Crippen molar-refractivity contribution >= 4 is 33.8 Å². The molecule has 0 saturated carbocycles. The number of rotatable bonds is 4. The maximum Gasteiger partial charge on any atom is 0.315 e. The molecule has 1 aliphatic heterocycles. The number of thiazole rings is 2. The third-order valence-corrected chi connectivity index (χ3v) is 5.36. The van der Waals surface area contributed by atoms with Gasteiger partial charge >= 0.3 is 6.03 Å². The molecule has 0 spiro atoms. The molecule has 22 heavy (non-hydrogen) atoms. The molecule has 0 bridgehead atoms. The Balaban J connectivity index is 1.39. The molecule has 2 amide bonds. The number of nitrogens with zero attached hydrogens (tertiary/aromatic N) is 3. The molecule has 0 unspecified atom stereocenters. The summed E-state index contributed by atoms with van der Waals surface area (Å²) in [6.07, 6.45) is 5.55. The van der Waals surface area contributed by atoms with E-state index < -0.39 is 0 Å². The van der Waals surface area contributed by atoms with E-state index in [4.69, 9.17) is 0 Å². The number of aryl methyl sites for hydroxylation is 1. The normalized spacial score (nSPS) is 15.8. The third-order valence-electron chi connectivity index (χ3n) is 3.61. The summed E-state index contributed by atoms with van der Waals surface area (Å²) in [7, 11) is 0. The lowest BCUT2D eigenvalue weighted by Gasteiger charge is -2.32. The zero-order valence-corrected chi connectivity index (χ0v) is 14.0. The Hall–Kier alpha value is -1.67. The molecule has 0 radical (unpaired) electrons. The predicted molar refractivity (Wildman–Crippen MR) is 89.6 cm³/mol. The van der Waals surface area contributed by atoms with Gasteiger partial charge in [0.15, 0.2) is 5.13 Å². The second kappa shape index (κ2) is 7.06. The number of hydrogen-bond donors (Lipinski definition) is 2. The molecule has 8 heteroatoms. The highest BCUT2D eigenvalue weighted by atomic mass is 32.1. The van der Waals surface area contributed by atoms with Gasteiger partial charge in [-0.1, -0.05) is 0 Å². The molecule has 1 aliphatic rings. The maximum atomic E-state index is 11.9. The molecule has 1 saturated heterocycles. The second-order valence-corrected chi connectivity index (χ2v) is 7.44. The number of piperidine rings is 1. The fraction of sp³-hybridized carbons (Fsp3) is 0.500.